The van der Waals surface area contributed by atoms with Crippen molar-refractivity contribution in [3.05, 3.63) is 81.1 Å². The summed E-state index contributed by atoms with van der Waals surface area (Å²) in [5.41, 5.74) is 3.10. The highest BCUT2D eigenvalue weighted by atomic mass is 35.5. The van der Waals surface area contributed by atoms with Gasteiger partial charge in [-0.1, -0.05) is 47.8 Å². The van der Waals surface area contributed by atoms with Gasteiger partial charge in [-0.05, 0) is 54.4 Å². The third-order valence-electron chi connectivity index (χ3n) is 4.76. The van der Waals surface area contributed by atoms with E-state index in [9.17, 15) is 14.3 Å². The number of benzene rings is 3. The summed E-state index contributed by atoms with van der Waals surface area (Å²) in [5, 5.41) is 11.1. The fraction of sp³-hybridized carbons (Fsp3) is 0.208. The Balaban J connectivity index is 1.90. The minimum atomic E-state index is -0.410. The molecule has 0 aliphatic heterocycles. The van der Waals surface area contributed by atoms with Gasteiger partial charge in [0.15, 0.2) is 5.78 Å². The minimum Gasteiger partial charge on any atom is -0.507 e. The topological polar surface area (TPSA) is 46.5 Å². The lowest BCUT2D eigenvalue weighted by atomic mass is 9.97. The zero-order valence-corrected chi connectivity index (χ0v) is 18.1. The molecule has 156 valence electrons. The Morgan fingerprint density at radius 1 is 1.03 bits per heavy atom. The predicted octanol–water partition coefficient (Wildman–Crippen LogP) is 6.76. The molecule has 6 heteroatoms. The van der Waals surface area contributed by atoms with Gasteiger partial charge in [-0.15, -0.1) is 0 Å². The Labute approximate surface area is 185 Å². The number of hydrogen-bond acceptors (Lipinski definition) is 3. The van der Waals surface area contributed by atoms with E-state index < -0.39 is 5.82 Å². The molecule has 0 aliphatic rings. The van der Waals surface area contributed by atoms with Gasteiger partial charge < -0.3 is 9.84 Å². The van der Waals surface area contributed by atoms with Crippen molar-refractivity contribution in [2.24, 2.45) is 0 Å². The van der Waals surface area contributed by atoms with E-state index >= 15 is 0 Å². The molecule has 1 N–H and O–H groups in total. The molecule has 0 saturated heterocycles. The number of phenolic OH excluding ortho intramolecular Hbond substituents is 1. The molecule has 0 heterocycles. The van der Waals surface area contributed by atoms with Crippen LogP contribution >= 0.6 is 23.2 Å². The summed E-state index contributed by atoms with van der Waals surface area (Å²) in [7, 11) is 0. The highest BCUT2D eigenvalue weighted by molar-refractivity contribution is 6.36. The number of phenols is 1. The van der Waals surface area contributed by atoms with E-state index in [1.165, 1.54) is 12.1 Å². The van der Waals surface area contributed by atoms with Crippen LogP contribution in [0.3, 0.4) is 0 Å². The summed E-state index contributed by atoms with van der Waals surface area (Å²) in [4.78, 5) is 11.4. The number of carbonyl (C=O) groups excluding carboxylic acids is 1. The normalized spacial score (nSPS) is 10.8. The Kier molecular flexibility index (Phi) is 7.01. The van der Waals surface area contributed by atoms with E-state index in [0.717, 1.165) is 11.1 Å². The SMILES string of the molecule is CCC(=O)COc1cc(Cl)c(Cc2ccc(O)c(-c3cc(C)ccc3F)c2)c(Cl)c1. The van der Waals surface area contributed by atoms with Crippen molar-refractivity contribution >= 4 is 29.0 Å². The summed E-state index contributed by atoms with van der Waals surface area (Å²) >= 11 is 12.8. The van der Waals surface area contributed by atoms with Crippen LogP contribution in [0.5, 0.6) is 11.5 Å². The highest BCUT2D eigenvalue weighted by Gasteiger charge is 2.14. The standard InChI is InChI=1S/C24H21Cl2FO3/c1-3-16(28)13-30-17-11-21(25)20(22(26)12-17)10-15-5-7-24(29)19(9-15)18-8-14(2)4-6-23(18)27/h4-9,11-12,29H,3,10,13H2,1-2H3. The summed E-state index contributed by atoms with van der Waals surface area (Å²) < 4.78 is 19.8. The molecule has 0 aromatic heterocycles. The number of rotatable bonds is 7. The number of aryl methyl sites for hydroxylation is 1. The van der Waals surface area contributed by atoms with Gasteiger partial charge in [-0.2, -0.15) is 0 Å². The van der Waals surface area contributed by atoms with Crippen LogP contribution < -0.4 is 4.74 Å². The monoisotopic (exact) mass is 446 g/mol. The van der Waals surface area contributed by atoms with E-state index in [0.29, 0.717) is 45.3 Å². The van der Waals surface area contributed by atoms with Crippen molar-refractivity contribution in [1.82, 2.24) is 0 Å². The molecule has 3 aromatic carbocycles. The van der Waals surface area contributed by atoms with Gasteiger partial charge in [0.25, 0.3) is 0 Å². The molecule has 3 nitrogen and oxygen atoms in total. The zero-order valence-electron chi connectivity index (χ0n) is 16.6. The molecule has 0 saturated carbocycles. The van der Waals surface area contributed by atoms with Crippen molar-refractivity contribution in [2.45, 2.75) is 26.7 Å². The number of ketones is 1. The molecule has 0 fully saturated rings. The number of aromatic hydroxyl groups is 1. The third kappa shape index (κ3) is 5.13. The van der Waals surface area contributed by atoms with Crippen LogP contribution in [0.15, 0.2) is 48.5 Å². The number of hydrogen-bond donors (Lipinski definition) is 1. The number of halogens is 3. The van der Waals surface area contributed by atoms with E-state index in [2.05, 4.69) is 0 Å². The van der Waals surface area contributed by atoms with Crippen LogP contribution in [0.2, 0.25) is 10.0 Å². The highest BCUT2D eigenvalue weighted by Crippen LogP contribution is 2.36. The lowest BCUT2D eigenvalue weighted by molar-refractivity contribution is -0.120. The average Bonchev–Trinajstić information content (AvgIpc) is 2.72. The number of Topliss-reactive ketones (excluding diaryl/α,β-unsaturated/α-hetero) is 1. The van der Waals surface area contributed by atoms with Crippen molar-refractivity contribution in [3.8, 4) is 22.6 Å². The van der Waals surface area contributed by atoms with E-state index in [1.807, 2.05) is 6.92 Å². The van der Waals surface area contributed by atoms with Gasteiger partial charge in [0.05, 0.1) is 0 Å². The lowest BCUT2D eigenvalue weighted by Gasteiger charge is -2.13. The van der Waals surface area contributed by atoms with E-state index in [1.54, 1.807) is 43.3 Å². The molecular formula is C24H21Cl2FO3. The fourth-order valence-electron chi connectivity index (χ4n) is 3.06. The Morgan fingerprint density at radius 3 is 2.40 bits per heavy atom. The molecular weight excluding hydrogens is 426 g/mol. The van der Waals surface area contributed by atoms with Crippen LogP contribution in [0.1, 0.15) is 30.0 Å². The molecule has 0 spiro atoms. The van der Waals surface area contributed by atoms with Gasteiger partial charge in [0.1, 0.15) is 23.9 Å². The quantitative estimate of drug-likeness (QED) is 0.435. The lowest BCUT2D eigenvalue weighted by Crippen LogP contribution is -2.09. The maximum atomic E-state index is 14.3. The second kappa shape index (κ2) is 9.50. The Morgan fingerprint density at radius 2 is 1.73 bits per heavy atom. The second-order valence-corrected chi connectivity index (χ2v) is 7.87. The van der Waals surface area contributed by atoms with Gasteiger partial charge in [-0.3, -0.25) is 4.79 Å². The Bertz CT molecular complexity index is 1070. The van der Waals surface area contributed by atoms with Gasteiger partial charge in [-0.25, -0.2) is 4.39 Å². The fourth-order valence-corrected chi connectivity index (χ4v) is 3.66. The van der Waals surface area contributed by atoms with E-state index in [4.69, 9.17) is 27.9 Å². The molecule has 3 aromatic rings. The molecule has 0 atom stereocenters. The van der Waals surface area contributed by atoms with Crippen LogP contribution in [0.4, 0.5) is 4.39 Å². The average molecular weight is 447 g/mol. The Hall–Kier alpha value is -2.56. The van der Waals surface area contributed by atoms with Gasteiger partial charge >= 0.3 is 0 Å². The van der Waals surface area contributed by atoms with Gasteiger partial charge in [0, 0.05) is 34.0 Å². The zero-order chi connectivity index (χ0) is 21.8. The van der Waals surface area contributed by atoms with Crippen LogP contribution in [0, 0.1) is 12.7 Å². The maximum absolute atomic E-state index is 14.3. The van der Waals surface area contributed by atoms with Crippen LogP contribution in [-0.4, -0.2) is 17.5 Å². The molecule has 3 rings (SSSR count). The minimum absolute atomic E-state index is 0.00946. The summed E-state index contributed by atoms with van der Waals surface area (Å²) in [5.74, 6) is -0.0212. The number of ether oxygens (including phenoxy) is 1. The predicted molar refractivity (Wildman–Crippen MR) is 118 cm³/mol. The molecule has 0 aliphatic carbocycles. The van der Waals surface area contributed by atoms with Gasteiger partial charge in [0.2, 0.25) is 0 Å². The molecule has 0 unspecified atom stereocenters. The van der Waals surface area contributed by atoms with Crippen molar-refractivity contribution < 1.29 is 19.0 Å². The molecule has 0 radical (unpaired) electrons. The largest absolute Gasteiger partial charge is 0.507 e. The maximum Gasteiger partial charge on any atom is 0.169 e. The van der Waals surface area contributed by atoms with Crippen LogP contribution in [0.25, 0.3) is 11.1 Å². The van der Waals surface area contributed by atoms with Crippen molar-refractivity contribution in [1.29, 1.82) is 0 Å². The third-order valence-corrected chi connectivity index (χ3v) is 5.44. The first-order valence-electron chi connectivity index (χ1n) is 9.49. The second-order valence-electron chi connectivity index (χ2n) is 7.06. The first kappa shape index (κ1) is 22.1. The molecule has 0 amide bonds. The molecule has 30 heavy (non-hydrogen) atoms. The van der Waals surface area contributed by atoms with Crippen molar-refractivity contribution in [3.63, 3.8) is 0 Å². The first-order chi connectivity index (χ1) is 14.3. The summed E-state index contributed by atoms with van der Waals surface area (Å²) in [6, 6.07) is 13.0. The molecule has 0 bridgehead atoms. The summed E-state index contributed by atoms with van der Waals surface area (Å²) in [6.45, 7) is 3.59. The first-order valence-corrected chi connectivity index (χ1v) is 10.2. The van der Waals surface area contributed by atoms with Crippen molar-refractivity contribution in [2.75, 3.05) is 6.61 Å². The number of carbonyl (C=O) groups is 1. The summed E-state index contributed by atoms with van der Waals surface area (Å²) in [6.07, 6.45) is 0.775. The van der Waals surface area contributed by atoms with E-state index in [-0.39, 0.29) is 18.1 Å². The van der Waals surface area contributed by atoms with Crippen LogP contribution in [-0.2, 0) is 11.2 Å². The smallest absolute Gasteiger partial charge is 0.169 e.